The van der Waals surface area contributed by atoms with Gasteiger partial charge >= 0.3 is 5.97 Å². The number of fused-ring (bicyclic) bond motifs is 1. The van der Waals surface area contributed by atoms with E-state index in [4.69, 9.17) is 16.3 Å². The molecule has 8 nitrogen and oxygen atoms in total. The number of rotatable bonds is 4. The highest BCUT2D eigenvalue weighted by atomic mass is 35.5. The normalized spacial score (nSPS) is 14.5. The Kier molecular flexibility index (Phi) is 5.71. The highest BCUT2D eigenvalue weighted by Crippen LogP contribution is 2.24. The molecule has 1 aromatic heterocycles. The third kappa shape index (κ3) is 4.14. The molecule has 0 spiro atoms. The van der Waals surface area contributed by atoms with E-state index in [0.29, 0.717) is 21.0 Å². The molecule has 2 aromatic carbocycles. The lowest BCUT2D eigenvalue weighted by atomic mass is 10.2. The molecular weight excluding hydrogens is 442 g/mol. The molecule has 1 aliphatic heterocycles. The molecule has 1 saturated heterocycles. The number of methoxy groups -OCH3 is 1. The quantitative estimate of drug-likeness (QED) is 0.443. The average molecular weight is 458 g/mol. The van der Waals surface area contributed by atoms with Crippen LogP contribution in [0.4, 0.5) is 5.69 Å². The van der Waals surface area contributed by atoms with Crippen molar-refractivity contribution in [1.82, 2.24) is 4.57 Å². The summed E-state index contributed by atoms with van der Waals surface area (Å²) < 4.78 is 7.11. The van der Waals surface area contributed by atoms with Gasteiger partial charge in [-0.2, -0.15) is 4.99 Å². The lowest BCUT2D eigenvalue weighted by molar-refractivity contribution is -0.141. The van der Waals surface area contributed by atoms with Gasteiger partial charge in [-0.1, -0.05) is 22.9 Å². The summed E-state index contributed by atoms with van der Waals surface area (Å²) in [6, 6.07) is 11.3. The molecule has 2 heterocycles. The predicted molar refractivity (Wildman–Crippen MR) is 115 cm³/mol. The minimum Gasteiger partial charge on any atom is -0.468 e. The summed E-state index contributed by atoms with van der Waals surface area (Å²) >= 11 is 7.28. The van der Waals surface area contributed by atoms with Crippen molar-refractivity contribution < 1.29 is 23.9 Å². The number of ether oxygens (including phenoxy) is 1. The Morgan fingerprint density at radius 2 is 1.77 bits per heavy atom. The maximum absolute atomic E-state index is 12.8. The van der Waals surface area contributed by atoms with Gasteiger partial charge in [-0.3, -0.25) is 24.1 Å². The molecule has 1 aliphatic rings. The highest BCUT2D eigenvalue weighted by Gasteiger charge is 2.30. The first-order valence-corrected chi connectivity index (χ1v) is 10.5. The van der Waals surface area contributed by atoms with Crippen molar-refractivity contribution in [3.63, 3.8) is 0 Å². The topological polar surface area (TPSA) is 98.0 Å². The number of hydrogen-bond donors (Lipinski definition) is 0. The Morgan fingerprint density at radius 1 is 1.10 bits per heavy atom. The van der Waals surface area contributed by atoms with Crippen LogP contribution in [0.25, 0.3) is 10.2 Å². The van der Waals surface area contributed by atoms with Gasteiger partial charge in [0.05, 0.1) is 23.0 Å². The molecule has 158 valence electrons. The number of aromatic nitrogens is 1. The predicted octanol–water partition coefficient (Wildman–Crippen LogP) is 2.92. The van der Waals surface area contributed by atoms with Crippen LogP contribution >= 0.6 is 22.9 Å². The number of amides is 3. The number of anilines is 1. The zero-order chi connectivity index (χ0) is 22.1. The Balaban J connectivity index is 1.70. The second-order valence-corrected chi connectivity index (χ2v) is 8.19. The number of esters is 1. The fraction of sp³-hybridized carbons (Fsp3) is 0.190. The SMILES string of the molecule is COC(=O)Cn1c(=NC(=O)c2ccc(N3C(=O)CCC3=O)cc2)sc2cc(Cl)ccc21. The summed E-state index contributed by atoms with van der Waals surface area (Å²) in [4.78, 5) is 54.0. The standard InChI is InChI=1S/C21H16ClN3O5S/c1-30-19(28)11-24-15-7-4-13(22)10-16(15)31-21(24)23-20(29)12-2-5-14(6-3-12)25-17(26)8-9-18(25)27/h2-7,10H,8-9,11H2,1H3. The van der Waals surface area contributed by atoms with Gasteiger partial charge in [0.15, 0.2) is 4.80 Å². The summed E-state index contributed by atoms with van der Waals surface area (Å²) in [5.41, 5.74) is 1.40. The van der Waals surface area contributed by atoms with E-state index in [1.807, 2.05) is 0 Å². The van der Waals surface area contributed by atoms with Crippen LogP contribution in [0.5, 0.6) is 0 Å². The van der Waals surface area contributed by atoms with Crippen LogP contribution in [0.1, 0.15) is 23.2 Å². The molecule has 1 fully saturated rings. The van der Waals surface area contributed by atoms with Gasteiger partial charge < -0.3 is 9.30 Å². The molecule has 4 rings (SSSR count). The van der Waals surface area contributed by atoms with Gasteiger partial charge in [-0.15, -0.1) is 0 Å². The minimum atomic E-state index is -0.526. The largest absolute Gasteiger partial charge is 0.468 e. The van der Waals surface area contributed by atoms with Crippen molar-refractivity contribution >= 4 is 62.5 Å². The van der Waals surface area contributed by atoms with E-state index in [1.54, 1.807) is 22.8 Å². The van der Waals surface area contributed by atoms with Gasteiger partial charge in [0.2, 0.25) is 11.8 Å². The number of carbonyl (C=O) groups is 4. The van der Waals surface area contributed by atoms with Crippen LogP contribution in [0.3, 0.4) is 0 Å². The van der Waals surface area contributed by atoms with Crippen LogP contribution in [0.2, 0.25) is 5.02 Å². The number of halogens is 1. The number of nitrogens with zero attached hydrogens (tertiary/aromatic N) is 3. The van der Waals surface area contributed by atoms with Crippen LogP contribution < -0.4 is 9.70 Å². The van der Waals surface area contributed by atoms with Crippen LogP contribution in [-0.2, 0) is 25.7 Å². The lowest BCUT2D eigenvalue weighted by Gasteiger charge is -2.13. The molecule has 0 bridgehead atoms. The molecule has 0 atom stereocenters. The van der Waals surface area contributed by atoms with E-state index < -0.39 is 11.9 Å². The van der Waals surface area contributed by atoms with E-state index in [0.717, 1.165) is 9.60 Å². The molecule has 31 heavy (non-hydrogen) atoms. The fourth-order valence-electron chi connectivity index (χ4n) is 3.25. The maximum atomic E-state index is 12.8. The monoisotopic (exact) mass is 457 g/mol. The molecule has 0 unspecified atom stereocenters. The Morgan fingerprint density at radius 3 is 2.42 bits per heavy atom. The van der Waals surface area contributed by atoms with Crippen LogP contribution in [0, 0.1) is 0 Å². The smallest absolute Gasteiger partial charge is 0.325 e. The van der Waals surface area contributed by atoms with Crippen molar-refractivity contribution in [2.24, 2.45) is 4.99 Å². The summed E-state index contributed by atoms with van der Waals surface area (Å²) in [6.07, 6.45) is 0.371. The third-order valence-corrected chi connectivity index (χ3v) is 6.06. The van der Waals surface area contributed by atoms with E-state index in [1.165, 1.54) is 42.7 Å². The van der Waals surface area contributed by atoms with Gasteiger partial charge in [-0.05, 0) is 42.5 Å². The Labute approximate surface area is 185 Å². The van der Waals surface area contributed by atoms with Crippen LogP contribution in [0.15, 0.2) is 47.5 Å². The minimum absolute atomic E-state index is 0.109. The zero-order valence-corrected chi connectivity index (χ0v) is 17.9. The number of thiazole rings is 1. The second kappa shape index (κ2) is 8.44. The van der Waals surface area contributed by atoms with E-state index in [-0.39, 0.29) is 36.8 Å². The third-order valence-electron chi connectivity index (χ3n) is 4.78. The molecule has 0 radical (unpaired) electrons. The fourth-order valence-corrected chi connectivity index (χ4v) is 4.55. The van der Waals surface area contributed by atoms with Crippen molar-refractivity contribution in [3.8, 4) is 0 Å². The van der Waals surface area contributed by atoms with Gasteiger partial charge in [-0.25, -0.2) is 0 Å². The van der Waals surface area contributed by atoms with Crippen molar-refractivity contribution in [2.75, 3.05) is 12.0 Å². The summed E-state index contributed by atoms with van der Waals surface area (Å²) in [7, 11) is 1.29. The average Bonchev–Trinajstić information content (AvgIpc) is 3.26. The van der Waals surface area contributed by atoms with E-state index in [9.17, 15) is 19.2 Å². The number of benzene rings is 2. The Bertz CT molecular complexity index is 1280. The second-order valence-electron chi connectivity index (χ2n) is 6.75. The first kappa shape index (κ1) is 21.0. The summed E-state index contributed by atoms with van der Waals surface area (Å²) in [5, 5.41) is 0.526. The van der Waals surface area contributed by atoms with Gasteiger partial charge in [0.25, 0.3) is 5.91 Å². The van der Waals surface area contributed by atoms with Crippen molar-refractivity contribution in [3.05, 3.63) is 57.9 Å². The van der Waals surface area contributed by atoms with Crippen molar-refractivity contribution in [1.29, 1.82) is 0 Å². The summed E-state index contributed by atoms with van der Waals surface area (Å²) in [6.45, 7) is -0.109. The summed E-state index contributed by atoms with van der Waals surface area (Å²) in [5.74, 6) is -1.53. The Hall–Kier alpha value is -3.30. The molecule has 0 aliphatic carbocycles. The van der Waals surface area contributed by atoms with Gasteiger partial charge in [0.1, 0.15) is 6.54 Å². The molecule has 10 heteroatoms. The molecule has 0 N–H and O–H groups in total. The maximum Gasteiger partial charge on any atom is 0.325 e. The molecule has 3 amide bonds. The highest BCUT2D eigenvalue weighted by molar-refractivity contribution is 7.16. The zero-order valence-electron chi connectivity index (χ0n) is 16.3. The van der Waals surface area contributed by atoms with Crippen LogP contribution in [-0.4, -0.2) is 35.4 Å². The molecule has 0 saturated carbocycles. The van der Waals surface area contributed by atoms with Crippen molar-refractivity contribution in [2.45, 2.75) is 19.4 Å². The van der Waals surface area contributed by atoms with E-state index in [2.05, 4.69) is 4.99 Å². The number of imide groups is 1. The van der Waals surface area contributed by atoms with E-state index >= 15 is 0 Å². The number of carbonyl (C=O) groups excluding carboxylic acids is 4. The lowest BCUT2D eigenvalue weighted by Crippen LogP contribution is -2.28. The molecule has 3 aromatic rings. The van der Waals surface area contributed by atoms with Gasteiger partial charge in [0, 0.05) is 23.4 Å². The molecular formula is C21H16ClN3O5S. The number of hydrogen-bond acceptors (Lipinski definition) is 6. The first-order valence-electron chi connectivity index (χ1n) is 9.28. The first-order chi connectivity index (χ1) is 14.9.